The number of rotatable bonds is 3. The first-order valence-electron chi connectivity index (χ1n) is 9.10. The smallest absolute Gasteiger partial charge is 0.193 e. The molecular weight excluding hydrogens is 411 g/mol. The van der Waals surface area contributed by atoms with Crippen molar-refractivity contribution in [2.24, 2.45) is 10.9 Å². The third kappa shape index (κ3) is 4.04. The fraction of sp³-hybridized carbons (Fsp3) is 0.632. The van der Waals surface area contributed by atoms with E-state index < -0.39 is 0 Å². The summed E-state index contributed by atoms with van der Waals surface area (Å²) in [6.45, 7) is 5.68. The number of hydrogen-bond acceptors (Lipinski definition) is 2. The SMILES string of the molecule is CN=C(NCC1CCN(C2CC2)C1)N1CCc2ccccc2C1.I. The van der Waals surface area contributed by atoms with Gasteiger partial charge < -0.3 is 15.1 Å². The van der Waals surface area contributed by atoms with Crippen LogP contribution in [0.3, 0.4) is 0 Å². The molecule has 24 heavy (non-hydrogen) atoms. The van der Waals surface area contributed by atoms with Crippen molar-refractivity contribution in [1.82, 2.24) is 15.1 Å². The van der Waals surface area contributed by atoms with Crippen LogP contribution < -0.4 is 5.32 Å². The zero-order valence-corrected chi connectivity index (χ0v) is 16.9. The van der Waals surface area contributed by atoms with Gasteiger partial charge in [0.1, 0.15) is 0 Å². The molecule has 1 atom stereocenters. The molecule has 1 unspecified atom stereocenters. The van der Waals surface area contributed by atoms with E-state index in [0.717, 1.165) is 44.0 Å². The van der Waals surface area contributed by atoms with Gasteiger partial charge in [-0.2, -0.15) is 0 Å². The summed E-state index contributed by atoms with van der Waals surface area (Å²) < 4.78 is 0. The maximum atomic E-state index is 4.53. The number of benzene rings is 1. The number of hydrogen-bond donors (Lipinski definition) is 1. The normalized spacial score (nSPS) is 24.5. The molecule has 2 heterocycles. The van der Waals surface area contributed by atoms with E-state index >= 15 is 0 Å². The summed E-state index contributed by atoms with van der Waals surface area (Å²) in [4.78, 5) is 9.62. The van der Waals surface area contributed by atoms with Crippen LogP contribution in [0.5, 0.6) is 0 Å². The lowest BCUT2D eigenvalue weighted by Gasteiger charge is -2.32. The lowest BCUT2D eigenvalue weighted by molar-refractivity contribution is 0.312. The van der Waals surface area contributed by atoms with Crippen molar-refractivity contribution in [3.63, 3.8) is 0 Å². The molecule has 1 saturated heterocycles. The van der Waals surface area contributed by atoms with E-state index in [1.807, 2.05) is 7.05 Å². The van der Waals surface area contributed by atoms with Gasteiger partial charge >= 0.3 is 0 Å². The highest BCUT2D eigenvalue weighted by atomic mass is 127. The van der Waals surface area contributed by atoms with Crippen molar-refractivity contribution in [2.75, 3.05) is 33.2 Å². The Kier molecular flexibility index (Phi) is 6.02. The van der Waals surface area contributed by atoms with Crippen LogP contribution in [-0.2, 0) is 13.0 Å². The Hall–Kier alpha value is -0.820. The summed E-state index contributed by atoms with van der Waals surface area (Å²) >= 11 is 0. The monoisotopic (exact) mass is 440 g/mol. The number of nitrogens with zero attached hydrogens (tertiary/aromatic N) is 3. The molecule has 2 fully saturated rings. The molecule has 0 radical (unpaired) electrons. The van der Waals surface area contributed by atoms with Crippen molar-refractivity contribution < 1.29 is 0 Å². The van der Waals surface area contributed by atoms with E-state index in [-0.39, 0.29) is 24.0 Å². The van der Waals surface area contributed by atoms with E-state index in [0.29, 0.717) is 0 Å². The summed E-state index contributed by atoms with van der Waals surface area (Å²) in [6, 6.07) is 9.71. The Morgan fingerprint density at radius 1 is 1.17 bits per heavy atom. The van der Waals surface area contributed by atoms with E-state index in [1.165, 1.54) is 43.5 Å². The van der Waals surface area contributed by atoms with Gasteiger partial charge in [-0.15, -0.1) is 24.0 Å². The van der Waals surface area contributed by atoms with Crippen LogP contribution in [0.15, 0.2) is 29.3 Å². The predicted molar refractivity (Wildman–Crippen MR) is 110 cm³/mol. The molecule has 4 nitrogen and oxygen atoms in total. The Morgan fingerprint density at radius 3 is 2.71 bits per heavy atom. The summed E-state index contributed by atoms with van der Waals surface area (Å²) in [7, 11) is 1.91. The van der Waals surface area contributed by atoms with Crippen LogP contribution in [-0.4, -0.2) is 55.0 Å². The summed E-state index contributed by atoms with van der Waals surface area (Å²) in [5, 5.41) is 3.64. The largest absolute Gasteiger partial charge is 0.356 e. The molecule has 132 valence electrons. The summed E-state index contributed by atoms with van der Waals surface area (Å²) in [5.74, 6) is 1.86. The molecule has 0 bridgehead atoms. The third-order valence-electron chi connectivity index (χ3n) is 5.57. The van der Waals surface area contributed by atoms with Gasteiger partial charge in [-0.25, -0.2) is 0 Å². The van der Waals surface area contributed by atoms with Gasteiger partial charge in [0.15, 0.2) is 5.96 Å². The van der Waals surface area contributed by atoms with E-state index in [4.69, 9.17) is 0 Å². The fourth-order valence-electron chi connectivity index (χ4n) is 4.04. The minimum Gasteiger partial charge on any atom is -0.356 e. The van der Waals surface area contributed by atoms with Crippen molar-refractivity contribution in [2.45, 2.75) is 38.3 Å². The van der Waals surface area contributed by atoms with Gasteiger partial charge in [0.2, 0.25) is 0 Å². The number of guanidine groups is 1. The van der Waals surface area contributed by atoms with E-state index in [9.17, 15) is 0 Å². The number of aliphatic imine (C=N–C) groups is 1. The quantitative estimate of drug-likeness (QED) is 0.446. The van der Waals surface area contributed by atoms with Gasteiger partial charge in [-0.1, -0.05) is 24.3 Å². The lowest BCUT2D eigenvalue weighted by Crippen LogP contribution is -2.45. The van der Waals surface area contributed by atoms with Crippen LogP contribution >= 0.6 is 24.0 Å². The predicted octanol–water partition coefficient (Wildman–Crippen LogP) is 2.72. The van der Waals surface area contributed by atoms with Crippen LogP contribution in [0.25, 0.3) is 0 Å². The topological polar surface area (TPSA) is 30.9 Å². The number of likely N-dealkylation sites (tertiary alicyclic amines) is 1. The third-order valence-corrected chi connectivity index (χ3v) is 5.57. The van der Waals surface area contributed by atoms with Crippen LogP contribution in [0.1, 0.15) is 30.4 Å². The zero-order chi connectivity index (χ0) is 15.6. The highest BCUT2D eigenvalue weighted by molar-refractivity contribution is 14.0. The maximum absolute atomic E-state index is 4.53. The minimum atomic E-state index is 0. The standard InChI is InChI=1S/C19H28N4.HI/c1-20-19(21-12-15-8-10-22(13-15)18-6-7-18)23-11-9-16-4-2-3-5-17(16)14-23;/h2-5,15,18H,6-14H2,1H3,(H,20,21);1H. The van der Waals surface area contributed by atoms with Gasteiger partial charge in [0, 0.05) is 39.3 Å². The number of halogens is 1. The lowest BCUT2D eigenvalue weighted by atomic mass is 10.0. The average molecular weight is 440 g/mol. The number of fused-ring (bicyclic) bond motifs is 1. The molecule has 1 saturated carbocycles. The van der Waals surface area contributed by atoms with Crippen molar-refractivity contribution in [3.8, 4) is 0 Å². The first-order chi connectivity index (χ1) is 11.3. The molecule has 1 N–H and O–H groups in total. The molecule has 1 aromatic rings. The van der Waals surface area contributed by atoms with Crippen LogP contribution in [0.2, 0.25) is 0 Å². The molecular formula is C19H29IN4. The van der Waals surface area contributed by atoms with Crippen LogP contribution in [0, 0.1) is 5.92 Å². The number of nitrogens with one attached hydrogen (secondary N) is 1. The Balaban J connectivity index is 0.00000169. The zero-order valence-electron chi connectivity index (χ0n) is 14.6. The Morgan fingerprint density at radius 2 is 1.96 bits per heavy atom. The van der Waals surface area contributed by atoms with Gasteiger partial charge in [-0.05, 0) is 49.3 Å². The fourth-order valence-corrected chi connectivity index (χ4v) is 4.04. The highest BCUT2D eigenvalue weighted by Crippen LogP contribution is 2.31. The summed E-state index contributed by atoms with van der Waals surface area (Å²) in [5.41, 5.74) is 2.94. The van der Waals surface area contributed by atoms with Crippen LogP contribution in [0.4, 0.5) is 0 Å². The minimum absolute atomic E-state index is 0. The molecule has 0 aromatic heterocycles. The molecule has 5 heteroatoms. The Bertz CT molecular complexity index is 584. The van der Waals surface area contributed by atoms with Crippen molar-refractivity contribution >= 4 is 29.9 Å². The second-order valence-corrected chi connectivity index (χ2v) is 7.25. The van der Waals surface area contributed by atoms with Crippen molar-refractivity contribution in [1.29, 1.82) is 0 Å². The highest BCUT2D eigenvalue weighted by Gasteiger charge is 2.34. The Labute approximate surface area is 162 Å². The molecule has 4 rings (SSSR count). The van der Waals surface area contributed by atoms with E-state index in [2.05, 4.69) is 44.4 Å². The first kappa shape index (κ1) is 18.0. The van der Waals surface area contributed by atoms with E-state index in [1.54, 1.807) is 0 Å². The molecule has 0 spiro atoms. The van der Waals surface area contributed by atoms with Crippen molar-refractivity contribution in [3.05, 3.63) is 35.4 Å². The molecule has 0 amide bonds. The van der Waals surface area contributed by atoms with Gasteiger partial charge in [0.25, 0.3) is 0 Å². The molecule has 1 aliphatic carbocycles. The first-order valence-corrected chi connectivity index (χ1v) is 9.10. The molecule has 2 aliphatic heterocycles. The second kappa shape index (κ2) is 8.04. The maximum Gasteiger partial charge on any atom is 0.193 e. The summed E-state index contributed by atoms with van der Waals surface area (Å²) in [6.07, 6.45) is 5.31. The average Bonchev–Trinajstić information content (AvgIpc) is 3.34. The second-order valence-electron chi connectivity index (χ2n) is 7.25. The van der Waals surface area contributed by atoms with Gasteiger partial charge in [-0.3, -0.25) is 4.99 Å². The molecule has 1 aromatic carbocycles. The molecule has 3 aliphatic rings. The van der Waals surface area contributed by atoms with Gasteiger partial charge in [0.05, 0.1) is 0 Å².